The number of fused-ring (bicyclic) bond motifs is 1. The van der Waals surface area contributed by atoms with Crippen LogP contribution in [0.2, 0.25) is 0 Å². The number of halogens is 1. The van der Waals surface area contributed by atoms with Crippen LogP contribution in [0.25, 0.3) is 10.2 Å². The predicted molar refractivity (Wildman–Crippen MR) is 127 cm³/mol. The zero-order chi connectivity index (χ0) is 24.3. The molecule has 4 rings (SSSR count). The van der Waals surface area contributed by atoms with E-state index >= 15 is 0 Å². The minimum absolute atomic E-state index is 0.0469. The van der Waals surface area contributed by atoms with Crippen molar-refractivity contribution in [1.82, 2.24) is 8.87 Å². The van der Waals surface area contributed by atoms with E-state index in [1.165, 1.54) is 27.8 Å². The summed E-state index contributed by atoms with van der Waals surface area (Å²) in [5, 5.41) is 0. The summed E-state index contributed by atoms with van der Waals surface area (Å²) in [6, 6.07) is 9.32. The molecule has 0 spiro atoms. The molecule has 0 bridgehead atoms. The Morgan fingerprint density at radius 2 is 2.00 bits per heavy atom. The van der Waals surface area contributed by atoms with Gasteiger partial charge in [-0.3, -0.25) is 4.79 Å². The maximum atomic E-state index is 13.3. The highest BCUT2D eigenvalue weighted by atomic mass is 32.2. The Balaban J connectivity index is 1.70. The molecule has 2 aromatic carbocycles. The third kappa shape index (κ3) is 4.92. The van der Waals surface area contributed by atoms with Gasteiger partial charge >= 0.3 is 0 Å². The Hall–Kier alpha value is -2.60. The second-order valence-electron chi connectivity index (χ2n) is 7.74. The van der Waals surface area contributed by atoms with E-state index in [-0.39, 0.29) is 11.4 Å². The van der Waals surface area contributed by atoms with Crippen LogP contribution in [0.1, 0.15) is 19.8 Å². The molecule has 1 atom stereocenters. The number of nitrogens with zero attached hydrogens (tertiary/aromatic N) is 3. The van der Waals surface area contributed by atoms with Crippen LogP contribution in [0.15, 0.2) is 52.4 Å². The lowest BCUT2D eigenvalue weighted by molar-refractivity contribution is -0.121. The van der Waals surface area contributed by atoms with Gasteiger partial charge in [0.05, 0.1) is 28.8 Å². The summed E-state index contributed by atoms with van der Waals surface area (Å²) in [4.78, 5) is 18.0. The van der Waals surface area contributed by atoms with Crippen LogP contribution in [-0.4, -0.2) is 56.1 Å². The molecule has 1 saturated heterocycles. The van der Waals surface area contributed by atoms with Crippen molar-refractivity contribution in [2.24, 2.45) is 4.99 Å². The standard InChI is InChI=1S/C23H26FN3O5S2/c1-3-32-14-13-26-19-11-8-17(31-2)15-21(19)33-23(26)25-22(28)20-5-4-12-27(20)34(29,30)18-9-6-16(24)7-10-18/h6-11,15,20H,3-5,12-14H2,1-2H3. The monoisotopic (exact) mass is 507 g/mol. The average molecular weight is 508 g/mol. The Kier molecular flexibility index (Phi) is 7.46. The first kappa shape index (κ1) is 24.5. The summed E-state index contributed by atoms with van der Waals surface area (Å²) >= 11 is 1.34. The maximum absolute atomic E-state index is 13.3. The molecule has 3 aromatic rings. The van der Waals surface area contributed by atoms with Gasteiger partial charge in [-0.15, -0.1) is 0 Å². The molecule has 8 nitrogen and oxygen atoms in total. The van der Waals surface area contributed by atoms with E-state index in [9.17, 15) is 17.6 Å². The molecule has 1 aliphatic rings. The molecule has 182 valence electrons. The number of aromatic nitrogens is 1. The Morgan fingerprint density at radius 3 is 2.71 bits per heavy atom. The van der Waals surface area contributed by atoms with Crippen LogP contribution < -0.4 is 9.54 Å². The van der Waals surface area contributed by atoms with E-state index in [1.54, 1.807) is 7.11 Å². The topological polar surface area (TPSA) is 90.2 Å². The number of rotatable bonds is 8. The number of hydrogen-bond donors (Lipinski definition) is 0. The Labute approximate surface area is 201 Å². The molecule has 11 heteroatoms. The van der Waals surface area contributed by atoms with Crippen LogP contribution in [0, 0.1) is 5.82 Å². The summed E-state index contributed by atoms with van der Waals surface area (Å²) in [6.07, 6.45) is 0.917. The smallest absolute Gasteiger partial charge is 0.266 e. The fourth-order valence-electron chi connectivity index (χ4n) is 3.97. The molecule has 1 unspecified atom stereocenters. The van der Waals surface area contributed by atoms with E-state index in [1.807, 2.05) is 29.7 Å². The fraction of sp³-hybridized carbons (Fsp3) is 0.391. The van der Waals surface area contributed by atoms with E-state index in [0.29, 0.717) is 43.2 Å². The molecule has 1 aliphatic heterocycles. The Morgan fingerprint density at radius 1 is 1.24 bits per heavy atom. The SMILES string of the molecule is CCOCCn1c(=NC(=O)C2CCCN2S(=O)(=O)c2ccc(F)cc2)sc2cc(OC)ccc21. The lowest BCUT2D eigenvalue weighted by atomic mass is 10.2. The van der Waals surface area contributed by atoms with Crippen molar-refractivity contribution in [3.05, 3.63) is 53.1 Å². The number of thiazole rings is 1. The van der Waals surface area contributed by atoms with Crippen molar-refractivity contribution in [2.45, 2.75) is 37.2 Å². The molecule has 0 saturated carbocycles. The van der Waals surface area contributed by atoms with Gasteiger partial charge in [0.2, 0.25) is 10.0 Å². The van der Waals surface area contributed by atoms with Crippen LogP contribution in [0.5, 0.6) is 5.75 Å². The van der Waals surface area contributed by atoms with E-state index in [4.69, 9.17) is 9.47 Å². The average Bonchev–Trinajstić information content (AvgIpc) is 3.45. The van der Waals surface area contributed by atoms with Gasteiger partial charge in [-0.1, -0.05) is 11.3 Å². The molecule has 0 radical (unpaired) electrons. The molecular formula is C23H26FN3O5S2. The van der Waals surface area contributed by atoms with Gasteiger partial charge in [-0.05, 0) is 62.2 Å². The Bertz CT molecular complexity index is 1350. The lowest BCUT2D eigenvalue weighted by Gasteiger charge is -2.21. The lowest BCUT2D eigenvalue weighted by Crippen LogP contribution is -2.40. The number of carbonyl (C=O) groups excluding carboxylic acids is 1. The fourth-order valence-corrected chi connectivity index (χ4v) is 6.71. The summed E-state index contributed by atoms with van der Waals surface area (Å²) in [6.45, 7) is 3.63. The summed E-state index contributed by atoms with van der Waals surface area (Å²) < 4.78 is 54.4. The van der Waals surface area contributed by atoms with Crippen molar-refractivity contribution in [3.63, 3.8) is 0 Å². The normalized spacial score (nSPS) is 17.5. The third-order valence-corrected chi connectivity index (χ3v) is 8.63. The van der Waals surface area contributed by atoms with E-state index in [2.05, 4.69) is 4.99 Å². The zero-order valence-corrected chi connectivity index (χ0v) is 20.6. The summed E-state index contributed by atoms with van der Waals surface area (Å²) in [7, 11) is -2.37. The quantitative estimate of drug-likeness (QED) is 0.437. The minimum Gasteiger partial charge on any atom is -0.497 e. The van der Waals surface area contributed by atoms with Gasteiger partial charge in [0.15, 0.2) is 4.80 Å². The first-order chi connectivity index (χ1) is 16.3. The highest BCUT2D eigenvalue weighted by Crippen LogP contribution is 2.27. The largest absolute Gasteiger partial charge is 0.497 e. The molecule has 1 fully saturated rings. The highest BCUT2D eigenvalue weighted by Gasteiger charge is 2.39. The van der Waals surface area contributed by atoms with Crippen molar-refractivity contribution in [2.75, 3.05) is 26.9 Å². The van der Waals surface area contributed by atoms with Crippen molar-refractivity contribution >= 4 is 37.5 Å². The third-order valence-electron chi connectivity index (χ3n) is 5.67. The predicted octanol–water partition coefficient (Wildman–Crippen LogP) is 3.17. The number of ether oxygens (including phenoxy) is 2. The first-order valence-electron chi connectivity index (χ1n) is 11.0. The van der Waals surface area contributed by atoms with Gasteiger partial charge in [0.1, 0.15) is 17.6 Å². The molecule has 1 aromatic heterocycles. The number of sulfonamides is 1. The summed E-state index contributed by atoms with van der Waals surface area (Å²) in [5.41, 5.74) is 0.888. The maximum Gasteiger partial charge on any atom is 0.266 e. The highest BCUT2D eigenvalue weighted by molar-refractivity contribution is 7.89. The summed E-state index contributed by atoms with van der Waals surface area (Å²) in [5.74, 6) is -0.358. The van der Waals surface area contributed by atoms with Gasteiger partial charge in [-0.2, -0.15) is 9.30 Å². The van der Waals surface area contributed by atoms with Crippen molar-refractivity contribution in [3.8, 4) is 5.75 Å². The minimum atomic E-state index is -3.96. The number of carbonyl (C=O) groups is 1. The van der Waals surface area contributed by atoms with Gasteiger partial charge in [0, 0.05) is 19.7 Å². The molecular weight excluding hydrogens is 481 g/mol. The molecule has 0 N–H and O–H groups in total. The van der Waals surface area contributed by atoms with Crippen LogP contribution in [-0.2, 0) is 26.1 Å². The van der Waals surface area contributed by atoms with Crippen molar-refractivity contribution < 1.29 is 27.1 Å². The van der Waals surface area contributed by atoms with Crippen molar-refractivity contribution in [1.29, 1.82) is 0 Å². The van der Waals surface area contributed by atoms with Gasteiger partial charge in [0.25, 0.3) is 5.91 Å². The molecule has 0 aliphatic carbocycles. The molecule has 1 amide bonds. The number of benzene rings is 2. The second-order valence-corrected chi connectivity index (χ2v) is 10.6. The van der Waals surface area contributed by atoms with Crippen LogP contribution >= 0.6 is 11.3 Å². The van der Waals surface area contributed by atoms with Gasteiger partial charge < -0.3 is 14.0 Å². The second kappa shape index (κ2) is 10.3. The van der Waals surface area contributed by atoms with Crippen LogP contribution in [0.3, 0.4) is 0 Å². The van der Waals surface area contributed by atoms with Gasteiger partial charge in [-0.25, -0.2) is 12.8 Å². The zero-order valence-electron chi connectivity index (χ0n) is 18.9. The number of hydrogen-bond acceptors (Lipinski definition) is 6. The molecule has 2 heterocycles. The van der Waals surface area contributed by atoms with E-state index in [0.717, 1.165) is 22.3 Å². The first-order valence-corrected chi connectivity index (χ1v) is 13.2. The number of amides is 1. The van der Waals surface area contributed by atoms with E-state index < -0.39 is 27.8 Å². The molecule has 34 heavy (non-hydrogen) atoms. The van der Waals surface area contributed by atoms with Crippen LogP contribution in [0.4, 0.5) is 4.39 Å². The number of methoxy groups -OCH3 is 1.